The Bertz CT molecular complexity index is 1320. The molecule has 5 rings (SSSR count). The number of nitrogens with one attached hydrogen (secondary N) is 1. The summed E-state index contributed by atoms with van der Waals surface area (Å²) in [4.78, 5) is 22.4. The van der Waals surface area contributed by atoms with Gasteiger partial charge in [-0.2, -0.15) is 0 Å². The SMILES string of the molecule is COc1cc(N2CC(N(C)C)C2)c(OC)cc1Nc1nccc(-c2ccc3nccnc3c2)n1. The Hall–Kier alpha value is -3.98. The van der Waals surface area contributed by atoms with Crippen molar-refractivity contribution in [2.24, 2.45) is 0 Å². The lowest BCUT2D eigenvalue weighted by atomic mass is 10.1. The summed E-state index contributed by atoms with van der Waals surface area (Å²) < 4.78 is 11.4. The van der Waals surface area contributed by atoms with Crippen LogP contribution in [0.2, 0.25) is 0 Å². The molecule has 34 heavy (non-hydrogen) atoms. The summed E-state index contributed by atoms with van der Waals surface area (Å²) in [6.07, 6.45) is 5.10. The summed E-state index contributed by atoms with van der Waals surface area (Å²) in [6, 6.07) is 12.2. The fraction of sp³-hybridized carbons (Fsp3) is 0.280. The number of nitrogens with zero attached hydrogens (tertiary/aromatic N) is 6. The zero-order valence-electron chi connectivity index (χ0n) is 19.7. The maximum absolute atomic E-state index is 5.71. The number of aromatic nitrogens is 4. The zero-order chi connectivity index (χ0) is 23.7. The predicted octanol–water partition coefficient (Wildman–Crippen LogP) is 3.60. The molecule has 1 fully saturated rings. The van der Waals surface area contributed by atoms with Crippen LogP contribution in [0.5, 0.6) is 11.5 Å². The lowest BCUT2D eigenvalue weighted by Gasteiger charge is -2.44. The minimum absolute atomic E-state index is 0.460. The molecule has 0 saturated carbocycles. The number of anilines is 3. The largest absolute Gasteiger partial charge is 0.494 e. The first kappa shape index (κ1) is 21.8. The van der Waals surface area contributed by atoms with Crippen LogP contribution in [-0.2, 0) is 0 Å². The Kier molecular flexibility index (Phi) is 5.85. The topological polar surface area (TPSA) is 88.5 Å². The van der Waals surface area contributed by atoms with Gasteiger partial charge in [0.05, 0.1) is 42.3 Å². The van der Waals surface area contributed by atoms with Crippen LogP contribution in [0.4, 0.5) is 17.3 Å². The molecular weight excluding hydrogens is 430 g/mol. The van der Waals surface area contributed by atoms with Gasteiger partial charge >= 0.3 is 0 Å². The second-order valence-electron chi connectivity index (χ2n) is 8.40. The lowest BCUT2D eigenvalue weighted by Crippen LogP contribution is -2.57. The monoisotopic (exact) mass is 457 g/mol. The average Bonchev–Trinajstić information content (AvgIpc) is 2.83. The Balaban J connectivity index is 1.42. The van der Waals surface area contributed by atoms with Gasteiger partial charge in [0, 0.05) is 55.4 Å². The maximum atomic E-state index is 5.71. The second-order valence-corrected chi connectivity index (χ2v) is 8.40. The summed E-state index contributed by atoms with van der Waals surface area (Å²) in [6.45, 7) is 1.89. The van der Waals surface area contributed by atoms with Crippen LogP contribution < -0.4 is 19.7 Å². The van der Waals surface area contributed by atoms with Crippen molar-refractivity contribution in [3.8, 4) is 22.8 Å². The van der Waals surface area contributed by atoms with Crippen molar-refractivity contribution in [3.63, 3.8) is 0 Å². The van der Waals surface area contributed by atoms with E-state index in [1.165, 1.54) is 0 Å². The number of benzene rings is 2. The van der Waals surface area contributed by atoms with Gasteiger partial charge in [-0.3, -0.25) is 9.97 Å². The Morgan fingerprint density at radius 3 is 2.38 bits per heavy atom. The van der Waals surface area contributed by atoms with E-state index < -0.39 is 0 Å². The molecule has 9 nitrogen and oxygen atoms in total. The number of likely N-dealkylation sites (N-methyl/N-ethyl adjacent to an activating group) is 1. The van der Waals surface area contributed by atoms with Gasteiger partial charge in [-0.1, -0.05) is 6.07 Å². The third kappa shape index (κ3) is 4.17. The summed E-state index contributed by atoms with van der Waals surface area (Å²) in [5.74, 6) is 1.92. The number of hydrogen-bond acceptors (Lipinski definition) is 9. The molecule has 1 saturated heterocycles. The van der Waals surface area contributed by atoms with E-state index in [4.69, 9.17) is 14.5 Å². The third-order valence-electron chi connectivity index (χ3n) is 6.10. The molecule has 2 aromatic heterocycles. The van der Waals surface area contributed by atoms with Gasteiger partial charge in [-0.25, -0.2) is 9.97 Å². The van der Waals surface area contributed by atoms with Crippen molar-refractivity contribution in [1.82, 2.24) is 24.8 Å². The highest BCUT2D eigenvalue weighted by atomic mass is 16.5. The average molecular weight is 458 g/mol. The standard InChI is InChI=1S/C25H27N7O2/c1-31(2)17-14-32(15-17)22-13-23(33-3)21(12-24(22)34-4)30-25-28-8-7-18(29-25)16-5-6-19-20(11-16)27-10-9-26-19/h5-13,17H,14-15H2,1-4H3,(H,28,29,30). The van der Waals surface area contributed by atoms with Crippen molar-refractivity contribution in [1.29, 1.82) is 0 Å². The Morgan fingerprint density at radius 1 is 0.882 bits per heavy atom. The molecule has 0 radical (unpaired) electrons. The molecule has 1 N–H and O–H groups in total. The first-order valence-electron chi connectivity index (χ1n) is 11.0. The van der Waals surface area contributed by atoms with Crippen LogP contribution in [0.15, 0.2) is 55.0 Å². The van der Waals surface area contributed by atoms with E-state index in [1.807, 2.05) is 36.4 Å². The lowest BCUT2D eigenvalue weighted by molar-refractivity contribution is 0.245. The molecule has 0 amide bonds. The number of rotatable bonds is 7. The molecule has 2 aromatic carbocycles. The minimum atomic E-state index is 0.460. The van der Waals surface area contributed by atoms with E-state index in [0.717, 1.165) is 52.5 Å². The van der Waals surface area contributed by atoms with Crippen molar-refractivity contribution in [3.05, 3.63) is 55.0 Å². The van der Waals surface area contributed by atoms with E-state index in [9.17, 15) is 0 Å². The van der Waals surface area contributed by atoms with Crippen molar-refractivity contribution < 1.29 is 9.47 Å². The summed E-state index contributed by atoms with van der Waals surface area (Å²) in [7, 11) is 7.54. The van der Waals surface area contributed by atoms with Gasteiger partial charge in [-0.15, -0.1) is 0 Å². The number of methoxy groups -OCH3 is 2. The molecule has 0 atom stereocenters. The fourth-order valence-corrected chi connectivity index (χ4v) is 4.03. The molecule has 174 valence electrons. The quantitative estimate of drug-likeness (QED) is 0.447. The molecule has 0 bridgehead atoms. The third-order valence-corrected chi connectivity index (χ3v) is 6.10. The zero-order valence-corrected chi connectivity index (χ0v) is 19.7. The van der Waals surface area contributed by atoms with E-state index >= 15 is 0 Å². The highest BCUT2D eigenvalue weighted by Crippen LogP contribution is 2.41. The fourth-order valence-electron chi connectivity index (χ4n) is 4.03. The highest BCUT2D eigenvalue weighted by molar-refractivity contribution is 5.80. The molecule has 1 aliphatic rings. The molecule has 0 aliphatic carbocycles. The van der Waals surface area contributed by atoms with Gasteiger partial charge in [0.25, 0.3) is 0 Å². The van der Waals surface area contributed by atoms with Crippen LogP contribution in [-0.4, -0.2) is 72.3 Å². The van der Waals surface area contributed by atoms with Crippen molar-refractivity contribution >= 4 is 28.4 Å². The van der Waals surface area contributed by atoms with Gasteiger partial charge in [-0.05, 0) is 32.3 Å². The van der Waals surface area contributed by atoms with E-state index in [0.29, 0.717) is 17.7 Å². The summed E-state index contributed by atoms with van der Waals surface area (Å²) in [5.41, 5.74) is 5.12. The van der Waals surface area contributed by atoms with Gasteiger partial charge in [0.15, 0.2) is 0 Å². The second kappa shape index (κ2) is 9.11. The highest BCUT2D eigenvalue weighted by Gasteiger charge is 2.31. The summed E-state index contributed by atoms with van der Waals surface area (Å²) >= 11 is 0. The van der Waals surface area contributed by atoms with Crippen LogP contribution in [0.25, 0.3) is 22.3 Å². The van der Waals surface area contributed by atoms with Crippen molar-refractivity contribution in [2.75, 3.05) is 51.6 Å². The van der Waals surface area contributed by atoms with E-state index in [-0.39, 0.29) is 0 Å². The van der Waals surface area contributed by atoms with E-state index in [2.05, 4.69) is 44.2 Å². The minimum Gasteiger partial charge on any atom is -0.494 e. The number of ether oxygens (including phenoxy) is 2. The molecule has 3 heterocycles. The van der Waals surface area contributed by atoms with Crippen molar-refractivity contribution in [2.45, 2.75) is 6.04 Å². The van der Waals surface area contributed by atoms with Crippen LogP contribution in [0, 0.1) is 0 Å². The normalized spacial score (nSPS) is 13.7. The smallest absolute Gasteiger partial charge is 0.227 e. The van der Waals surface area contributed by atoms with Gasteiger partial charge in [0.2, 0.25) is 5.95 Å². The first-order chi connectivity index (χ1) is 16.6. The Morgan fingerprint density at radius 2 is 1.65 bits per heavy atom. The first-order valence-corrected chi connectivity index (χ1v) is 11.0. The van der Waals surface area contributed by atoms with E-state index in [1.54, 1.807) is 32.8 Å². The van der Waals surface area contributed by atoms with Crippen LogP contribution >= 0.6 is 0 Å². The molecule has 9 heteroatoms. The molecule has 1 aliphatic heterocycles. The Labute approximate surface area is 198 Å². The summed E-state index contributed by atoms with van der Waals surface area (Å²) in [5, 5.41) is 3.29. The predicted molar refractivity (Wildman–Crippen MR) is 133 cm³/mol. The van der Waals surface area contributed by atoms with Crippen LogP contribution in [0.1, 0.15) is 0 Å². The maximum Gasteiger partial charge on any atom is 0.227 e. The molecule has 4 aromatic rings. The van der Waals surface area contributed by atoms with Gasteiger partial charge < -0.3 is 24.6 Å². The number of hydrogen-bond donors (Lipinski definition) is 1. The van der Waals surface area contributed by atoms with Crippen LogP contribution in [0.3, 0.4) is 0 Å². The van der Waals surface area contributed by atoms with Gasteiger partial charge in [0.1, 0.15) is 11.5 Å². The molecular formula is C25H27N7O2. The number of fused-ring (bicyclic) bond motifs is 1. The molecule has 0 unspecified atom stereocenters. The molecule has 0 spiro atoms.